The maximum Gasteiger partial charge on any atom is 0.306 e. The van der Waals surface area contributed by atoms with E-state index in [9.17, 15) is 14.4 Å². The lowest BCUT2D eigenvalue weighted by molar-refractivity contribution is -0.167. The molecule has 0 N–H and O–H groups in total. The van der Waals surface area contributed by atoms with Crippen molar-refractivity contribution in [2.75, 3.05) is 13.2 Å². The zero-order chi connectivity index (χ0) is 59.2. The number of rotatable bonds is 63. The Hall–Kier alpha value is -3.93. The Kier molecular flexibility index (Phi) is 66.2. The molecule has 6 nitrogen and oxygen atoms in total. The molecule has 0 rings (SSSR count). The van der Waals surface area contributed by atoms with Gasteiger partial charge in [-0.05, 0) is 128 Å². The van der Waals surface area contributed by atoms with Crippen LogP contribution < -0.4 is 0 Å². The van der Waals surface area contributed by atoms with Crippen LogP contribution in [0.5, 0.6) is 0 Å². The van der Waals surface area contributed by atoms with Gasteiger partial charge < -0.3 is 14.2 Å². The minimum atomic E-state index is -0.787. The summed E-state index contributed by atoms with van der Waals surface area (Å²) in [7, 11) is 0. The highest BCUT2D eigenvalue weighted by Crippen LogP contribution is 2.17. The second-order valence-electron chi connectivity index (χ2n) is 23.1. The van der Waals surface area contributed by atoms with Gasteiger partial charge in [0.2, 0.25) is 0 Å². The van der Waals surface area contributed by atoms with Crippen LogP contribution in [0, 0.1) is 0 Å². The molecule has 0 aliphatic rings. The van der Waals surface area contributed by atoms with Crippen molar-refractivity contribution in [3.05, 3.63) is 109 Å². The molecular formula is C76H130O6. The first-order valence-corrected chi connectivity index (χ1v) is 34.9. The van der Waals surface area contributed by atoms with Crippen molar-refractivity contribution >= 4 is 17.9 Å². The Morgan fingerprint density at radius 3 is 0.780 bits per heavy atom. The Labute approximate surface area is 508 Å². The monoisotopic (exact) mass is 1140 g/mol. The molecule has 0 saturated heterocycles. The molecular weight excluding hydrogens is 1010 g/mol. The summed E-state index contributed by atoms with van der Waals surface area (Å²) in [6, 6.07) is 0. The predicted molar refractivity (Wildman–Crippen MR) is 357 cm³/mol. The van der Waals surface area contributed by atoms with Crippen molar-refractivity contribution in [1.29, 1.82) is 0 Å². The summed E-state index contributed by atoms with van der Waals surface area (Å²) < 4.78 is 17.0. The fraction of sp³-hybridized carbons (Fsp3) is 0.724. The molecule has 82 heavy (non-hydrogen) atoms. The van der Waals surface area contributed by atoms with Gasteiger partial charge in [0.05, 0.1) is 0 Å². The summed E-state index contributed by atoms with van der Waals surface area (Å²) in [5.41, 5.74) is 0. The molecule has 0 saturated carbocycles. The third kappa shape index (κ3) is 66.9. The van der Waals surface area contributed by atoms with Gasteiger partial charge in [0, 0.05) is 19.3 Å². The van der Waals surface area contributed by atoms with Crippen LogP contribution in [0.3, 0.4) is 0 Å². The molecule has 0 aromatic carbocycles. The minimum Gasteiger partial charge on any atom is -0.462 e. The number of allylic oxidation sites excluding steroid dienone is 18. The molecule has 6 heteroatoms. The van der Waals surface area contributed by atoms with Gasteiger partial charge in [-0.3, -0.25) is 14.4 Å². The van der Waals surface area contributed by atoms with Crippen LogP contribution in [0.2, 0.25) is 0 Å². The summed E-state index contributed by atoms with van der Waals surface area (Å²) in [6.45, 7) is 6.51. The summed E-state index contributed by atoms with van der Waals surface area (Å²) in [5.74, 6) is -0.886. The first-order chi connectivity index (χ1) is 40.5. The number of ether oxygens (including phenoxy) is 3. The topological polar surface area (TPSA) is 78.9 Å². The summed E-state index contributed by atoms with van der Waals surface area (Å²) in [5, 5.41) is 0. The van der Waals surface area contributed by atoms with Crippen molar-refractivity contribution in [3.63, 3.8) is 0 Å². The fourth-order valence-electron chi connectivity index (χ4n) is 9.77. The normalized spacial score (nSPS) is 12.8. The van der Waals surface area contributed by atoms with E-state index in [1.165, 1.54) is 186 Å². The van der Waals surface area contributed by atoms with Crippen molar-refractivity contribution in [1.82, 2.24) is 0 Å². The zero-order valence-corrected chi connectivity index (χ0v) is 54.0. The second-order valence-corrected chi connectivity index (χ2v) is 23.1. The molecule has 0 aliphatic heterocycles. The largest absolute Gasteiger partial charge is 0.462 e. The minimum absolute atomic E-state index is 0.0828. The number of hydrogen-bond acceptors (Lipinski definition) is 6. The second kappa shape index (κ2) is 69.6. The molecule has 0 heterocycles. The van der Waals surface area contributed by atoms with Gasteiger partial charge in [0.15, 0.2) is 6.10 Å². The molecule has 0 aromatic heterocycles. The van der Waals surface area contributed by atoms with Crippen molar-refractivity contribution < 1.29 is 28.6 Å². The van der Waals surface area contributed by atoms with Gasteiger partial charge >= 0.3 is 17.9 Å². The van der Waals surface area contributed by atoms with Gasteiger partial charge in [-0.25, -0.2) is 0 Å². The van der Waals surface area contributed by atoms with E-state index in [0.29, 0.717) is 19.3 Å². The average Bonchev–Trinajstić information content (AvgIpc) is 3.47. The molecule has 0 bridgehead atoms. The lowest BCUT2D eigenvalue weighted by atomic mass is 10.0. The van der Waals surface area contributed by atoms with Crippen molar-refractivity contribution in [2.24, 2.45) is 0 Å². The van der Waals surface area contributed by atoms with E-state index in [0.717, 1.165) is 109 Å². The van der Waals surface area contributed by atoms with Gasteiger partial charge in [0.25, 0.3) is 0 Å². The first-order valence-electron chi connectivity index (χ1n) is 34.9. The van der Waals surface area contributed by atoms with Crippen molar-refractivity contribution in [3.8, 4) is 0 Å². The Bertz CT molecular complexity index is 1640. The molecule has 0 aliphatic carbocycles. The summed E-state index contributed by atoms with van der Waals surface area (Å²) >= 11 is 0. The van der Waals surface area contributed by atoms with Crippen LogP contribution in [0.15, 0.2) is 109 Å². The van der Waals surface area contributed by atoms with Crippen LogP contribution in [0.1, 0.15) is 335 Å². The average molecular weight is 1140 g/mol. The molecule has 0 fully saturated rings. The molecule has 1 unspecified atom stereocenters. The lowest BCUT2D eigenvalue weighted by Gasteiger charge is -2.18. The molecule has 1 atom stereocenters. The highest BCUT2D eigenvalue weighted by Gasteiger charge is 2.19. The van der Waals surface area contributed by atoms with E-state index in [1.807, 2.05) is 0 Å². The summed E-state index contributed by atoms with van der Waals surface area (Å²) in [6.07, 6.45) is 95.4. The smallest absolute Gasteiger partial charge is 0.306 e. The van der Waals surface area contributed by atoms with E-state index in [2.05, 4.69) is 130 Å². The van der Waals surface area contributed by atoms with E-state index in [-0.39, 0.29) is 31.1 Å². The molecule has 0 aromatic rings. The molecule has 0 radical (unpaired) electrons. The Balaban J connectivity index is 4.28. The Morgan fingerprint density at radius 1 is 0.256 bits per heavy atom. The van der Waals surface area contributed by atoms with Crippen LogP contribution in [-0.2, 0) is 28.6 Å². The lowest BCUT2D eigenvalue weighted by Crippen LogP contribution is -2.30. The highest BCUT2D eigenvalue weighted by molar-refractivity contribution is 5.71. The standard InChI is InChI=1S/C76H130O6/c1-4-7-10-13-16-19-22-25-27-29-31-33-35-36-37-38-39-40-42-43-45-47-49-51-54-57-60-63-66-69-75(78)81-72-73(71-80-74(77)68-65-62-59-56-53-24-21-18-15-12-9-6-3)82-76(79)70-67-64-61-58-55-52-50-48-46-44-41-34-32-30-28-26-23-20-17-14-11-8-5-2/h7,10,16,18-19,21,23,25-27,30-33,36-37,39-40,73H,4-6,8-9,11-15,17,20,22,24,28-29,34-35,38,41-72H2,1-3H3/b10-7-,19-16-,21-18-,26-23-,27-25-,32-30-,33-31-,37-36-,40-39-. The third-order valence-corrected chi connectivity index (χ3v) is 15.0. The fourth-order valence-corrected chi connectivity index (χ4v) is 9.77. The zero-order valence-electron chi connectivity index (χ0n) is 54.0. The van der Waals surface area contributed by atoms with Crippen molar-refractivity contribution in [2.45, 2.75) is 341 Å². The van der Waals surface area contributed by atoms with E-state index < -0.39 is 6.10 Å². The maximum absolute atomic E-state index is 12.9. The van der Waals surface area contributed by atoms with Gasteiger partial charge in [-0.15, -0.1) is 0 Å². The third-order valence-electron chi connectivity index (χ3n) is 15.0. The van der Waals surface area contributed by atoms with Crippen LogP contribution in [0.25, 0.3) is 0 Å². The SMILES string of the molecule is CC/C=C\C/C=C\C/C=C\C/C=C\C/C=C\C/C=C\CCCCCCCCCCCCC(=O)OCC(COC(=O)CCCCCCC/C=C\CCCCC)OC(=O)CCCCCCCCCCCCC/C=C\C/C=C\CCCCCCC. The Morgan fingerprint density at radius 2 is 0.476 bits per heavy atom. The summed E-state index contributed by atoms with van der Waals surface area (Å²) in [4.78, 5) is 38.4. The number of esters is 3. The van der Waals surface area contributed by atoms with Gasteiger partial charge in [-0.2, -0.15) is 0 Å². The van der Waals surface area contributed by atoms with E-state index in [1.54, 1.807) is 0 Å². The van der Waals surface area contributed by atoms with E-state index >= 15 is 0 Å². The quantitative estimate of drug-likeness (QED) is 0.0261. The van der Waals surface area contributed by atoms with Crippen LogP contribution in [-0.4, -0.2) is 37.2 Å². The predicted octanol–water partition coefficient (Wildman–Crippen LogP) is 24.2. The van der Waals surface area contributed by atoms with Gasteiger partial charge in [0.1, 0.15) is 13.2 Å². The number of unbranched alkanes of at least 4 members (excludes halogenated alkanes) is 34. The highest BCUT2D eigenvalue weighted by atomic mass is 16.6. The van der Waals surface area contributed by atoms with Crippen LogP contribution in [0.4, 0.5) is 0 Å². The molecule has 470 valence electrons. The number of carbonyl (C=O) groups is 3. The molecule has 0 spiro atoms. The van der Waals surface area contributed by atoms with E-state index in [4.69, 9.17) is 14.2 Å². The number of hydrogen-bond donors (Lipinski definition) is 0. The van der Waals surface area contributed by atoms with Gasteiger partial charge in [-0.1, -0.05) is 297 Å². The first kappa shape index (κ1) is 78.1. The maximum atomic E-state index is 12.9. The number of carbonyl (C=O) groups excluding carboxylic acids is 3. The van der Waals surface area contributed by atoms with Crippen LogP contribution >= 0.6 is 0 Å². The molecule has 0 amide bonds.